The molecule has 0 aromatic rings. The first-order valence-electron chi connectivity index (χ1n) is 3.76. The summed E-state index contributed by atoms with van der Waals surface area (Å²) in [6.07, 6.45) is 2.30. The van der Waals surface area contributed by atoms with Crippen molar-refractivity contribution in [2.24, 2.45) is 10.9 Å². The number of hydrogen-bond acceptors (Lipinski definition) is 4. The lowest BCUT2D eigenvalue weighted by Gasteiger charge is -2.24. The van der Waals surface area contributed by atoms with Crippen molar-refractivity contribution in [1.82, 2.24) is 4.31 Å². The molecule has 0 unspecified atom stereocenters. The number of nitrogens with zero attached hydrogens (tertiary/aromatic N) is 2. The summed E-state index contributed by atoms with van der Waals surface area (Å²) in [7, 11) is -1.86. The van der Waals surface area contributed by atoms with E-state index in [1.165, 1.54) is 7.05 Å². The SMILES string of the molecule is CN(C1(/C(N)=N/O)CC1)S(C)(=O)=O. The molecule has 0 aromatic carbocycles. The van der Waals surface area contributed by atoms with Gasteiger partial charge in [0.1, 0.15) is 0 Å². The first kappa shape index (κ1) is 10.3. The van der Waals surface area contributed by atoms with E-state index in [0.717, 1.165) is 10.6 Å². The van der Waals surface area contributed by atoms with Crippen LogP contribution in [0.1, 0.15) is 12.8 Å². The summed E-state index contributed by atoms with van der Waals surface area (Å²) >= 11 is 0. The molecule has 6 nitrogen and oxygen atoms in total. The molecule has 0 saturated heterocycles. The molecular weight excluding hydrogens is 194 g/mol. The first-order chi connectivity index (χ1) is 5.84. The Morgan fingerprint density at radius 2 is 2.08 bits per heavy atom. The zero-order valence-corrected chi connectivity index (χ0v) is 8.37. The Morgan fingerprint density at radius 3 is 2.31 bits per heavy atom. The molecule has 0 aromatic heterocycles. The highest BCUT2D eigenvalue weighted by Gasteiger charge is 2.54. The van der Waals surface area contributed by atoms with Gasteiger partial charge in [-0.2, -0.15) is 4.31 Å². The third-order valence-corrected chi connectivity index (χ3v) is 3.75. The minimum atomic E-state index is -3.29. The molecule has 0 bridgehead atoms. The van der Waals surface area contributed by atoms with Crippen LogP contribution >= 0.6 is 0 Å². The maximum absolute atomic E-state index is 11.2. The van der Waals surface area contributed by atoms with Gasteiger partial charge in [-0.3, -0.25) is 0 Å². The fraction of sp³-hybridized carbons (Fsp3) is 0.833. The molecule has 1 rings (SSSR count). The van der Waals surface area contributed by atoms with Crippen molar-refractivity contribution in [2.45, 2.75) is 18.4 Å². The van der Waals surface area contributed by atoms with Gasteiger partial charge in [-0.1, -0.05) is 5.16 Å². The van der Waals surface area contributed by atoms with Crippen molar-refractivity contribution in [2.75, 3.05) is 13.3 Å². The Bertz CT molecular complexity index is 331. The Kier molecular flexibility index (Phi) is 2.25. The molecule has 7 heteroatoms. The minimum absolute atomic E-state index is 0.0413. The van der Waals surface area contributed by atoms with Crippen molar-refractivity contribution in [3.8, 4) is 0 Å². The molecule has 1 aliphatic carbocycles. The van der Waals surface area contributed by atoms with Gasteiger partial charge in [-0.15, -0.1) is 0 Å². The maximum atomic E-state index is 11.2. The van der Waals surface area contributed by atoms with Crippen LogP contribution in [-0.2, 0) is 10.0 Å². The molecule has 1 fully saturated rings. The molecule has 0 aliphatic heterocycles. The number of hydrogen-bond donors (Lipinski definition) is 2. The van der Waals surface area contributed by atoms with Crippen molar-refractivity contribution in [3.05, 3.63) is 0 Å². The fourth-order valence-corrected chi connectivity index (χ4v) is 2.17. The van der Waals surface area contributed by atoms with E-state index in [2.05, 4.69) is 5.16 Å². The Morgan fingerprint density at radius 1 is 1.62 bits per heavy atom. The van der Waals surface area contributed by atoms with Crippen LogP contribution in [0.25, 0.3) is 0 Å². The van der Waals surface area contributed by atoms with Gasteiger partial charge in [0.2, 0.25) is 10.0 Å². The zero-order chi connectivity index (χ0) is 10.3. The van der Waals surface area contributed by atoms with Crippen LogP contribution < -0.4 is 5.73 Å². The molecule has 3 N–H and O–H groups in total. The molecule has 1 aliphatic rings. The zero-order valence-electron chi connectivity index (χ0n) is 7.56. The summed E-state index contributed by atoms with van der Waals surface area (Å²) in [5.74, 6) is -0.0413. The van der Waals surface area contributed by atoms with Gasteiger partial charge in [-0.25, -0.2) is 8.42 Å². The van der Waals surface area contributed by atoms with Crippen LogP contribution in [0.2, 0.25) is 0 Å². The quantitative estimate of drug-likeness (QED) is 0.273. The summed E-state index contributed by atoms with van der Waals surface area (Å²) in [5, 5.41) is 11.3. The highest BCUT2D eigenvalue weighted by Crippen LogP contribution is 2.42. The van der Waals surface area contributed by atoms with Crippen molar-refractivity contribution >= 4 is 15.9 Å². The summed E-state index contributed by atoms with van der Waals surface area (Å²) in [4.78, 5) is 0. The maximum Gasteiger partial charge on any atom is 0.211 e. The summed E-state index contributed by atoms with van der Waals surface area (Å²) in [5.41, 5.74) is 4.63. The van der Waals surface area contributed by atoms with Crippen molar-refractivity contribution in [3.63, 3.8) is 0 Å². The lowest BCUT2D eigenvalue weighted by atomic mass is 10.2. The van der Waals surface area contributed by atoms with Gasteiger partial charge >= 0.3 is 0 Å². The van der Waals surface area contributed by atoms with E-state index in [1.54, 1.807) is 0 Å². The average molecular weight is 207 g/mol. The molecule has 0 atom stereocenters. The van der Waals surface area contributed by atoms with Crippen LogP contribution in [0.3, 0.4) is 0 Å². The first-order valence-corrected chi connectivity index (χ1v) is 5.61. The predicted octanol–water partition coefficient (Wildman–Crippen LogP) is -0.843. The van der Waals surface area contributed by atoms with Gasteiger partial charge in [0.15, 0.2) is 5.84 Å². The Labute approximate surface area is 77.1 Å². The van der Waals surface area contributed by atoms with E-state index in [4.69, 9.17) is 10.9 Å². The number of amidine groups is 1. The van der Waals surface area contributed by atoms with Gasteiger partial charge in [0.25, 0.3) is 0 Å². The highest BCUT2D eigenvalue weighted by atomic mass is 32.2. The van der Waals surface area contributed by atoms with E-state index in [1.807, 2.05) is 0 Å². The number of nitrogens with two attached hydrogens (primary N) is 1. The van der Waals surface area contributed by atoms with Gasteiger partial charge < -0.3 is 10.9 Å². The smallest absolute Gasteiger partial charge is 0.211 e. The standard InChI is InChI=1S/C6H13N3O3S/c1-9(13(2,11)12)6(3-4-6)5(7)8-10/h10H,3-4H2,1-2H3,(H2,7,8). The second-order valence-corrected chi connectivity index (χ2v) is 5.26. The molecule has 1 saturated carbocycles. The predicted molar refractivity (Wildman–Crippen MR) is 48.0 cm³/mol. The highest BCUT2D eigenvalue weighted by molar-refractivity contribution is 7.88. The lowest BCUT2D eigenvalue weighted by Crippen LogP contribution is -2.47. The Hall–Kier alpha value is -0.820. The van der Waals surface area contributed by atoms with Gasteiger partial charge in [-0.05, 0) is 12.8 Å². The number of likely N-dealkylation sites (N-methyl/N-ethyl adjacent to an activating group) is 1. The monoisotopic (exact) mass is 207 g/mol. The second-order valence-electron chi connectivity index (χ2n) is 3.25. The van der Waals surface area contributed by atoms with E-state index >= 15 is 0 Å². The second kappa shape index (κ2) is 2.85. The average Bonchev–Trinajstić information content (AvgIpc) is 2.80. The topological polar surface area (TPSA) is 96.0 Å². The number of sulfonamides is 1. The molecule has 76 valence electrons. The summed E-state index contributed by atoms with van der Waals surface area (Å²) in [6, 6.07) is 0. The molecule has 0 heterocycles. The third kappa shape index (κ3) is 1.61. The molecule has 13 heavy (non-hydrogen) atoms. The molecule has 0 radical (unpaired) electrons. The van der Waals surface area contributed by atoms with Gasteiger partial charge in [0.05, 0.1) is 11.8 Å². The molecular formula is C6H13N3O3S. The van der Waals surface area contributed by atoms with Gasteiger partial charge in [0, 0.05) is 7.05 Å². The Balaban J connectivity index is 2.96. The van der Waals surface area contributed by atoms with E-state index < -0.39 is 15.6 Å². The minimum Gasteiger partial charge on any atom is -0.409 e. The number of oxime groups is 1. The van der Waals surface area contributed by atoms with E-state index in [-0.39, 0.29) is 5.84 Å². The normalized spacial score (nSPS) is 21.9. The molecule has 0 amide bonds. The van der Waals surface area contributed by atoms with E-state index in [9.17, 15) is 8.42 Å². The van der Waals surface area contributed by atoms with Crippen LogP contribution in [-0.4, -0.2) is 42.6 Å². The van der Waals surface area contributed by atoms with Crippen molar-refractivity contribution < 1.29 is 13.6 Å². The summed E-state index contributed by atoms with van der Waals surface area (Å²) in [6.45, 7) is 0. The molecule has 0 spiro atoms. The third-order valence-electron chi connectivity index (χ3n) is 2.41. The van der Waals surface area contributed by atoms with Crippen LogP contribution in [0.4, 0.5) is 0 Å². The van der Waals surface area contributed by atoms with Crippen molar-refractivity contribution in [1.29, 1.82) is 0 Å². The summed E-state index contributed by atoms with van der Waals surface area (Å²) < 4.78 is 23.5. The van der Waals surface area contributed by atoms with Crippen LogP contribution in [0.15, 0.2) is 5.16 Å². The number of rotatable bonds is 3. The largest absolute Gasteiger partial charge is 0.409 e. The van der Waals surface area contributed by atoms with Crippen LogP contribution in [0, 0.1) is 0 Å². The van der Waals surface area contributed by atoms with Crippen LogP contribution in [0.5, 0.6) is 0 Å². The lowest BCUT2D eigenvalue weighted by molar-refractivity contribution is 0.308. The van der Waals surface area contributed by atoms with E-state index in [0.29, 0.717) is 12.8 Å². The fourth-order valence-electron chi connectivity index (χ4n) is 1.26.